The van der Waals surface area contributed by atoms with Crippen LogP contribution in [0, 0.1) is 5.41 Å². The van der Waals surface area contributed by atoms with Gasteiger partial charge < -0.3 is 10.1 Å². The normalized spacial score (nSPS) is 18.2. The molecule has 122 valence electrons. The molecule has 0 spiro atoms. The van der Waals surface area contributed by atoms with Crippen molar-refractivity contribution in [3.8, 4) is 5.88 Å². The summed E-state index contributed by atoms with van der Waals surface area (Å²) in [4.78, 5) is 15.9. The number of alkyl halides is 3. The summed E-state index contributed by atoms with van der Waals surface area (Å²) in [7, 11) is 0. The van der Waals surface area contributed by atoms with Gasteiger partial charge in [0.05, 0.1) is 0 Å². The predicted octanol–water partition coefficient (Wildman–Crippen LogP) is 3.33. The SMILES string of the molecule is C[C@H](Oc1ncccc1C(=O)NCC1(C)CCC1)C(F)(F)F. The second kappa shape index (κ2) is 6.14. The molecule has 1 amide bonds. The molecule has 1 aromatic rings. The lowest BCUT2D eigenvalue weighted by atomic mass is 9.70. The zero-order valence-corrected chi connectivity index (χ0v) is 12.5. The third kappa shape index (κ3) is 3.90. The maximum atomic E-state index is 12.6. The number of amides is 1. The molecule has 1 aliphatic rings. The molecule has 0 bridgehead atoms. The van der Waals surface area contributed by atoms with Crippen molar-refractivity contribution in [2.75, 3.05) is 6.54 Å². The molecule has 1 saturated carbocycles. The van der Waals surface area contributed by atoms with Gasteiger partial charge in [-0.1, -0.05) is 13.3 Å². The van der Waals surface area contributed by atoms with E-state index >= 15 is 0 Å². The maximum absolute atomic E-state index is 12.6. The van der Waals surface area contributed by atoms with Gasteiger partial charge in [0, 0.05) is 12.7 Å². The first-order valence-corrected chi connectivity index (χ1v) is 7.18. The van der Waals surface area contributed by atoms with E-state index in [2.05, 4.69) is 17.2 Å². The third-order valence-electron chi connectivity index (χ3n) is 4.00. The number of pyridine rings is 1. The molecule has 4 nitrogen and oxygen atoms in total. The number of ether oxygens (including phenoxy) is 1. The topological polar surface area (TPSA) is 51.2 Å². The Morgan fingerprint density at radius 1 is 1.50 bits per heavy atom. The van der Waals surface area contributed by atoms with Gasteiger partial charge in [0.2, 0.25) is 5.88 Å². The molecule has 1 atom stereocenters. The molecule has 1 N–H and O–H groups in total. The molecule has 0 saturated heterocycles. The Morgan fingerprint density at radius 3 is 2.73 bits per heavy atom. The van der Waals surface area contributed by atoms with Crippen molar-refractivity contribution in [2.24, 2.45) is 5.41 Å². The molecule has 22 heavy (non-hydrogen) atoms. The fraction of sp³-hybridized carbons (Fsp3) is 0.600. The Labute approximate surface area is 127 Å². The number of carbonyl (C=O) groups is 1. The van der Waals surface area contributed by atoms with Gasteiger partial charge in [0.25, 0.3) is 5.91 Å². The molecule has 1 fully saturated rings. The average molecular weight is 316 g/mol. The summed E-state index contributed by atoms with van der Waals surface area (Å²) in [5.74, 6) is -0.769. The van der Waals surface area contributed by atoms with Crippen LogP contribution in [-0.4, -0.2) is 29.7 Å². The molecule has 0 radical (unpaired) electrons. The van der Waals surface area contributed by atoms with Crippen LogP contribution >= 0.6 is 0 Å². The highest BCUT2D eigenvalue weighted by atomic mass is 19.4. The van der Waals surface area contributed by atoms with Crippen molar-refractivity contribution in [3.05, 3.63) is 23.9 Å². The van der Waals surface area contributed by atoms with Gasteiger partial charge in [-0.2, -0.15) is 13.2 Å². The van der Waals surface area contributed by atoms with Crippen molar-refractivity contribution in [2.45, 2.75) is 45.4 Å². The first-order chi connectivity index (χ1) is 10.2. The molecule has 1 heterocycles. The first kappa shape index (κ1) is 16.6. The summed E-state index contributed by atoms with van der Waals surface area (Å²) >= 11 is 0. The summed E-state index contributed by atoms with van der Waals surface area (Å²) in [6.45, 7) is 3.45. The Morgan fingerprint density at radius 2 is 2.18 bits per heavy atom. The van der Waals surface area contributed by atoms with E-state index in [1.165, 1.54) is 18.3 Å². The molecule has 0 aromatic carbocycles. The zero-order valence-electron chi connectivity index (χ0n) is 12.5. The molecule has 7 heteroatoms. The fourth-order valence-corrected chi connectivity index (χ4v) is 2.24. The molecular weight excluding hydrogens is 297 g/mol. The summed E-state index contributed by atoms with van der Waals surface area (Å²) < 4.78 is 42.5. The van der Waals surface area contributed by atoms with E-state index in [4.69, 9.17) is 4.74 Å². The highest BCUT2D eigenvalue weighted by Gasteiger charge is 2.39. The Bertz CT molecular complexity index is 542. The Hall–Kier alpha value is -1.79. The molecule has 2 rings (SSSR count). The molecule has 1 aromatic heterocycles. The molecular formula is C15H19F3N2O2. The summed E-state index contributed by atoms with van der Waals surface area (Å²) in [6, 6.07) is 2.90. The number of carbonyl (C=O) groups excluding carboxylic acids is 1. The van der Waals surface area contributed by atoms with Crippen LogP contribution < -0.4 is 10.1 Å². The van der Waals surface area contributed by atoms with Gasteiger partial charge in [-0.15, -0.1) is 0 Å². The van der Waals surface area contributed by atoms with Crippen molar-refractivity contribution in [1.29, 1.82) is 0 Å². The van der Waals surface area contributed by atoms with Crippen LogP contribution in [0.15, 0.2) is 18.3 Å². The number of halogens is 3. The van der Waals surface area contributed by atoms with Crippen LogP contribution in [0.1, 0.15) is 43.5 Å². The standard InChI is InChI=1S/C15H19F3N2O2/c1-10(15(16,17)18)22-13-11(5-3-8-19-13)12(21)20-9-14(2)6-4-7-14/h3,5,8,10H,4,6-7,9H2,1-2H3,(H,20,21)/t10-/m0/s1. The third-order valence-corrected chi connectivity index (χ3v) is 4.00. The lowest BCUT2D eigenvalue weighted by molar-refractivity contribution is -0.190. The van der Waals surface area contributed by atoms with E-state index in [1.54, 1.807) is 0 Å². The Balaban J connectivity index is 2.05. The van der Waals surface area contributed by atoms with E-state index in [0.29, 0.717) is 6.54 Å². The average Bonchev–Trinajstić information content (AvgIpc) is 2.42. The van der Waals surface area contributed by atoms with Crippen LogP contribution in [0.5, 0.6) is 5.88 Å². The van der Waals surface area contributed by atoms with E-state index in [9.17, 15) is 18.0 Å². The molecule has 1 aliphatic carbocycles. The van der Waals surface area contributed by atoms with Gasteiger partial charge in [-0.3, -0.25) is 4.79 Å². The summed E-state index contributed by atoms with van der Waals surface area (Å²) in [6.07, 6.45) is -2.04. The van der Waals surface area contributed by atoms with Crippen molar-refractivity contribution >= 4 is 5.91 Å². The monoisotopic (exact) mass is 316 g/mol. The van der Waals surface area contributed by atoms with E-state index in [-0.39, 0.29) is 16.9 Å². The highest BCUT2D eigenvalue weighted by molar-refractivity contribution is 5.96. The number of rotatable bonds is 5. The second-order valence-electron chi connectivity index (χ2n) is 6.00. The molecule has 0 aliphatic heterocycles. The number of nitrogens with one attached hydrogen (secondary N) is 1. The lowest BCUT2D eigenvalue weighted by Gasteiger charge is -2.38. The van der Waals surface area contributed by atoms with Gasteiger partial charge in [-0.25, -0.2) is 4.98 Å². The molecule has 0 unspecified atom stereocenters. The van der Waals surface area contributed by atoms with Gasteiger partial charge in [0.1, 0.15) is 5.56 Å². The minimum atomic E-state index is -4.51. The van der Waals surface area contributed by atoms with Crippen LogP contribution in [-0.2, 0) is 0 Å². The number of hydrogen-bond donors (Lipinski definition) is 1. The lowest BCUT2D eigenvalue weighted by Crippen LogP contribution is -2.40. The van der Waals surface area contributed by atoms with Crippen molar-refractivity contribution in [1.82, 2.24) is 10.3 Å². The predicted molar refractivity (Wildman–Crippen MR) is 74.7 cm³/mol. The van der Waals surface area contributed by atoms with E-state index in [1.807, 2.05) is 0 Å². The fourth-order valence-electron chi connectivity index (χ4n) is 2.24. The summed E-state index contributed by atoms with van der Waals surface area (Å²) in [5.41, 5.74) is 0.0968. The van der Waals surface area contributed by atoms with Crippen molar-refractivity contribution in [3.63, 3.8) is 0 Å². The quantitative estimate of drug-likeness (QED) is 0.906. The first-order valence-electron chi connectivity index (χ1n) is 7.18. The Kier molecular flexibility index (Phi) is 4.63. The van der Waals surface area contributed by atoms with Crippen LogP contribution in [0.3, 0.4) is 0 Å². The van der Waals surface area contributed by atoms with Crippen LogP contribution in [0.25, 0.3) is 0 Å². The smallest absolute Gasteiger partial charge is 0.425 e. The number of aromatic nitrogens is 1. The highest BCUT2D eigenvalue weighted by Crippen LogP contribution is 2.39. The van der Waals surface area contributed by atoms with Gasteiger partial charge in [0.15, 0.2) is 6.10 Å². The van der Waals surface area contributed by atoms with Crippen molar-refractivity contribution < 1.29 is 22.7 Å². The number of hydrogen-bond acceptors (Lipinski definition) is 3. The van der Waals surface area contributed by atoms with Gasteiger partial charge in [-0.05, 0) is 37.3 Å². The van der Waals surface area contributed by atoms with Crippen LogP contribution in [0.2, 0.25) is 0 Å². The second-order valence-corrected chi connectivity index (χ2v) is 6.00. The summed E-state index contributed by atoms with van der Waals surface area (Å²) in [5, 5.41) is 2.75. The van der Waals surface area contributed by atoms with Gasteiger partial charge >= 0.3 is 6.18 Å². The maximum Gasteiger partial charge on any atom is 0.425 e. The zero-order chi connectivity index (χ0) is 16.4. The largest absolute Gasteiger partial charge is 0.464 e. The minimum absolute atomic E-state index is 0.0153. The number of nitrogens with zero attached hydrogens (tertiary/aromatic N) is 1. The van der Waals surface area contributed by atoms with E-state index in [0.717, 1.165) is 26.2 Å². The van der Waals surface area contributed by atoms with Crippen LogP contribution in [0.4, 0.5) is 13.2 Å². The van der Waals surface area contributed by atoms with E-state index < -0.39 is 18.2 Å². The minimum Gasteiger partial charge on any atom is -0.464 e.